The van der Waals surface area contributed by atoms with E-state index in [0.717, 1.165) is 24.8 Å². The van der Waals surface area contributed by atoms with Crippen LogP contribution in [0, 0.1) is 0 Å². The van der Waals surface area contributed by atoms with Gasteiger partial charge in [0, 0.05) is 6.07 Å². The maximum Gasteiger partial charge on any atom is 0.339 e. The number of hydrogen-bond donors (Lipinski definition) is 1. The topological polar surface area (TPSA) is 55.8 Å². The highest BCUT2D eigenvalue weighted by molar-refractivity contribution is 5.91. The molecule has 0 unspecified atom stereocenters. The first-order valence-corrected chi connectivity index (χ1v) is 8.23. The Morgan fingerprint density at radius 1 is 1.29 bits per heavy atom. The Bertz CT molecular complexity index is 600. The van der Waals surface area contributed by atoms with Gasteiger partial charge in [0.2, 0.25) is 0 Å². The van der Waals surface area contributed by atoms with Crippen molar-refractivity contribution in [2.24, 2.45) is 0 Å². The van der Waals surface area contributed by atoms with Crippen molar-refractivity contribution in [3.05, 3.63) is 60.2 Å². The van der Waals surface area contributed by atoms with E-state index in [1.165, 1.54) is 6.07 Å². The molecule has 0 aromatic heterocycles. The van der Waals surface area contributed by atoms with Gasteiger partial charge in [0.05, 0.1) is 6.61 Å². The Kier molecular flexibility index (Phi) is 9.05. The van der Waals surface area contributed by atoms with Crippen LogP contribution in [0.1, 0.15) is 43.5 Å². The second-order valence-corrected chi connectivity index (χ2v) is 5.24. The van der Waals surface area contributed by atoms with Gasteiger partial charge >= 0.3 is 5.97 Å². The summed E-state index contributed by atoms with van der Waals surface area (Å²) in [6.45, 7) is 8.66. The predicted octanol–water partition coefficient (Wildman–Crippen LogP) is 5.02. The number of rotatable bonds is 11. The fourth-order valence-electron chi connectivity index (χ4n) is 2.01. The van der Waals surface area contributed by atoms with Gasteiger partial charge in [-0.05, 0) is 30.5 Å². The third-order valence-electron chi connectivity index (χ3n) is 3.26. The lowest BCUT2D eigenvalue weighted by Crippen LogP contribution is -2.06. The molecule has 0 fully saturated rings. The van der Waals surface area contributed by atoms with E-state index in [1.54, 1.807) is 18.2 Å². The highest BCUT2D eigenvalue weighted by Gasteiger charge is 2.13. The lowest BCUT2D eigenvalue weighted by molar-refractivity contribution is 0.0692. The molecule has 0 spiro atoms. The van der Waals surface area contributed by atoms with Crippen molar-refractivity contribution < 1.29 is 19.4 Å². The number of benzene rings is 1. The van der Waals surface area contributed by atoms with Crippen LogP contribution >= 0.6 is 0 Å². The van der Waals surface area contributed by atoms with Gasteiger partial charge < -0.3 is 14.6 Å². The van der Waals surface area contributed by atoms with Crippen LogP contribution in [0.25, 0.3) is 0 Å². The SMILES string of the molecule is C=C/C=C\C(=C/CC)COc1cc(OCCCC)ccc1C(=O)O. The molecular formula is C20H26O4. The number of unbranched alkanes of at least 4 members (excludes halogenated alkanes) is 1. The van der Waals surface area contributed by atoms with E-state index in [-0.39, 0.29) is 12.2 Å². The zero-order valence-corrected chi connectivity index (χ0v) is 14.5. The van der Waals surface area contributed by atoms with Gasteiger partial charge in [0.15, 0.2) is 0 Å². The van der Waals surface area contributed by atoms with Crippen molar-refractivity contribution in [1.29, 1.82) is 0 Å². The summed E-state index contributed by atoms with van der Waals surface area (Å²) in [7, 11) is 0. The van der Waals surface area contributed by atoms with E-state index in [1.807, 2.05) is 25.2 Å². The summed E-state index contributed by atoms with van der Waals surface area (Å²) < 4.78 is 11.4. The van der Waals surface area contributed by atoms with Crippen LogP contribution in [0.2, 0.25) is 0 Å². The first kappa shape index (κ1) is 19.6. The van der Waals surface area contributed by atoms with Crippen molar-refractivity contribution in [2.45, 2.75) is 33.1 Å². The summed E-state index contributed by atoms with van der Waals surface area (Å²) in [6, 6.07) is 4.81. The van der Waals surface area contributed by atoms with E-state index >= 15 is 0 Å². The van der Waals surface area contributed by atoms with Crippen molar-refractivity contribution >= 4 is 5.97 Å². The minimum atomic E-state index is -1.02. The molecule has 1 rings (SSSR count). The van der Waals surface area contributed by atoms with Gasteiger partial charge in [-0.1, -0.05) is 51.2 Å². The minimum Gasteiger partial charge on any atom is -0.493 e. The molecule has 4 heteroatoms. The average Bonchev–Trinajstić information content (AvgIpc) is 2.57. The predicted molar refractivity (Wildman–Crippen MR) is 97.0 cm³/mol. The number of aromatic carboxylic acids is 1. The van der Waals surface area contributed by atoms with Crippen molar-refractivity contribution in [1.82, 2.24) is 0 Å². The number of carboxylic acid groups (broad SMARTS) is 1. The van der Waals surface area contributed by atoms with Crippen molar-refractivity contribution in [3.8, 4) is 11.5 Å². The Balaban J connectivity index is 2.91. The number of carbonyl (C=O) groups is 1. The maximum atomic E-state index is 11.4. The quantitative estimate of drug-likeness (QED) is 0.457. The smallest absolute Gasteiger partial charge is 0.339 e. The normalized spacial score (nSPS) is 11.5. The van der Waals surface area contributed by atoms with Gasteiger partial charge in [0.1, 0.15) is 23.7 Å². The summed E-state index contributed by atoms with van der Waals surface area (Å²) in [5.41, 5.74) is 1.09. The molecule has 0 heterocycles. The minimum absolute atomic E-state index is 0.126. The molecule has 0 aliphatic heterocycles. The van der Waals surface area contributed by atoms with Gasteiger partial charge in [0.25, 0.3) is 0 Å². The molecule has 1 N–H and O–H groups in total. The molecule has 0 saturated heterocycles. The Morgan fingerprint density at radius 3 is 2.71 bits per heavy atom. The molecule has 0 aliphatic rings. The zero-order valence-electron chi connectivity index (χ0n) is 14.5. The van der Waals surface area contributed by atoms with Crippen LogP contribution in [-0.2, 0) is 0 Å². The van der Waals surface area contributed by atoms with E-state index in [2.05, 4.69) is 13.5 Å². The monoisotopic (exact) mass is 330 g/mol. The van der Waals surface area contributed by atoms with Gasteiger partial charge in [-0.25, -0.2) is 4.79 Å². The first-order valence-electron chi connectivity index (χ1n) is 8.23. The highest BCUT2D eigenvalue weighted by atomic mass is 16.5. The van der Waals surface area contributed by atoms with E-state index in [0.29, 0.717) is 18.1 Å². The third-order valence-corrected chi connectivity index (χ3v) is 3.26. The Labute approximate surface area is 144 Å². The zero-order chi connectivity index (χ0) is 17.8. The Hall–Kier alpha value is -2.49. The van der Waals surface area contributed by atoms with Crippen LogP contribution in [-0.4, -0.2) is 24.3 Å². The van der Waals surface area contributed by atoms with E-state index < -0.39 is 5.97 Å². The fourth-order valence-corrected chi connectivity index (χ4v) is 2.01. The summed E-state index contributed by atoms with van der Waals surface area (Å²) in [5, 5.41) is 9.32. The molecule has 0 atom stereocenters. The van der Waals surface area contributed by atoms with Crippen LogP contribution in [0.3, 0.4) is 0 Å². The molecule has 1 aromatic carbocycles. The van der Waals surface area contributed by atoms with Crippen LogP contribution in [0.4, 0.5) is 0 Å². The number of allylic oxidation sites excluding steroid dienone is 3. The largest absolute Gasteiger partial charge is 0.493 e. The average molecular weight is 330 g/mol. The van der Waals surface area contributed by atoms with Gasteiger partial charge in [-0.15, -0.1) is 0 Å². The molecule has 0 radical (unpaired) electrons. The van der Waals surface area contributed by atoms with Gasteiger partial charge in [-0.3, -0.25) is 0 Å². The molecule has 0 bridgehead atoms. The Morgan fingerprint density at radius 2 is 2.08 bits per heavy atom. The molecule has 0 saturated carbocycles. The first-order chi connectivity index (χ1) is 11.6. The van der Waals surface area contributed by atoms with E-state index in [4.69, 9.17) is 9.47 Å². The third kappa shape index (κ3) is 6.73. The summed E-state index contributed by atoms with van der Waals surface area (Å²) in [6.07, 6.45) is 10.3. The van der Waals surface area contributed by atoms with E-state index in [9.17, 15) is 9.90 Å². The molecule has 4 nitrogen and oxygen atoms in total. The summed E-state index contributed by atoms with van der Waals surface area (Å²) in [5.74, 6) is -0.0932. The second kappa shape index (κ2) is 11.1. The number of carboxylic acids is 1. The molecule has 0 aliphatic carbocycles. The number of hydrogen-bond acceptors (Lipinski definition) is 3. The van der Waals surface area contributed by atoms with Crippen molar-refractivity contribution in [2.75, 3.05) is 13.2 Å². The summed E-state index contributed by atoms with van der Waals surface area (Å²) in [4.78, 5) is 11.4. The molecule has 130 valence electrons. The lowest BCUT2D eigenvalue weighted by Gasteiger charge is -2.12. The molecule has 1 aromatic rings. The standard InChI is InChI=1S/C20H26O4/c1-4-7-10-16(9-6-3)15-24-19-14-17(23-13-8-5-2)11-12-18(19)20(21)22/h4,7,9-12,14H,1,5-6,8,13,15H2,2-3H3,(H,21,22)/b10-7-,16-9+. The molecule has 0 amide bonds. The summed E-state index contributed by atoms with van der Waals surface area (Å²) >= 11 is 0. The highest BCUT2D eigenvalue weighted by Crippen LogP contribution is 2.26. The van der Waals surface area contributed by atoms with Crippen molar-refractivity contribution in [3.63, 3.8) is 0 Å². The molecule has 24 heavy (non-hydrogen) atoms. The fraction of sp³-hybridized carbons (Fsp3) is 0.350. The van der Waals surface area contributed by atoms with Crippen LogP contribution in [0.5, 0.6) is 11.5 Å². The lowest BCUT2D eigenvalue weighted by atomic mass is 10.2. The number of ether oxygens (including phenoxy) is 2. The maximum absolute atomic E-state index is 11.4. The van der Waals surface area contributed by atoms with Crippen LogP contribution < -0.4 is 9.47 Å². The van der Waals surface area contributed by atoms with Gasteiger partial charge in [-0.2, -0.15) is 0 Å². The van der Waals surface area contributed by atoms with Crippen LogP contribution in [0.15, 0.2) is 54.7 Å². The molecular weight excluding hydrogens is 304 g/mol. The second-order valence-electron chi connectivity index (χ2n) is 5.24.